The van der Waals surface area contributed by atoms with Gasteiger partial charge in [-0.1, -0.05) is 86.7 Å². The molecule has 1 saturated heterocycles. The van der Waals surface area contributed by atoms with Crippen molar-refractivity contribution in [2.24, 2.45) is 11.8 Å². The van der Waals surface area contributed by atoms with Crippen LogP contribution in [0, 0.1) is 11.8 Å². The van der Waals surface area contributed by atoms with Crippen LogP contribution in [0.1, 0.15) is 68.9 Å². The molecule has 30 heavy (non-hydrogen) atoms. The number of aliphatic hydroxyl groups excluding tert-OH is 1. The quantitative estimate of drug-likeness (QED) is 0.377. The van der Waals surface area contributed by atoms with Gasteiger partial charge in [0, 0.05) is 5.92 Å². The second kappa shape index (κ2) is 10.6. The maximum Gasteiger partial charge on any atom is 0.308 e. The van der Waals surface area contributed by atoms with Crippen molar-refractivity contribution >= 4 is 5.97 Å². The van der Waals surface area contributed by atoms with E-state index in [2.05, 4.69) is 69.0 Å². The molecule has 0 amide bonds. The Kier molecular flexibility index (Phi) is 7.87. The number of rotatable bonds is 10. The zero-order chi connectivity index (χ0) is 21.5. The summed E-state index contributed by atoms with van der Waals surface area (Å²) in [5.74, 6) is 0.351. The highest BCUT2D eigenvalue weighted by Gasteiger charge is 2.40. The van der Waals surface area contributed by atoms with Crippen molar-refractivity contribution in [3.63, 3.8) is 0 Å². The van der Waals surface area contributed by atoms with Crippen LogP contribution >= 0.6 is 0 Å². The number of carbonyl (C=O) groups is 1. The average Bonchev–Trinajstić information content (AvgIpc) is 3.10. The third-order valence-corrected chi connectivity index (χ3v) is 6.61. The fourth-order valence-electron chi connectivity index (χ4n) is 4.69. The van der Waals surface area contributed by atoms with Gasteiger partial charge in [-0.15, -0.1) is 0 Å². The Bertz CT molecular complexity index is 815. The van der Waals surface area contributed by atoms with Crippen LogP contribution in [0.3, 0.4) is 0 Å². The second-order valence-corrected chi connectivity index (χ2v) is 8.62. The van der Waals surface area contributed by atoms with Gasteiger partial charge in [-0.2, -0.15) is 0 Å². The Morgan fingerprint density at radius 3 is 2.20 bits per heavy atom. The monoisotopic (exact) mass is 406 g/mol. The van der Waals surface area contributed by atoms with Gasteiger partial charge >= 0.3 is 5.97 Å². The van der Waals surface area contributed by atoms with Crippen molar-refractivity contribution in [2.45, 2.75) is 64.1 Å². The summed E-state index contributed by atoms with van der Waals surface area (Å²) in [7, 11) is 0. The van der Waals surface area contributed by atoms with Gasteiger partial charge in [0.05, 0.1) is 6.42 Å². The maximum absolute atomic E-state index is 11.8. The van der Waals surface area contributed by atoms with Crippen LogP contribution < -0.4 is 0 Å². The minimum Gasteiger partial charge on any atom is -0.436 e. The molecule has 3 rings (SSSR count). The number of cyclic esters (lactones) is 1. The maximum atomic E-state index is 11.8. The first kappa shape index (κ1) is 22.3. The SMILES string of the molecule is C=C(CC(CC)c1ccccc1)C(CCC(C)c1ccccc1)C1CC(=O)OC1O. The zero-order valence-electron chi connectivity index (χ0n) is 18.2. The minimum absolute atomic E-state index is 0.0652. The molecule has 1 heterocycles. The van der Waals surface area contributed by atoms with E-state index in [0.717, 1.165) is 31.3 Å². The van der Waals surface area contributed by atoms with E-state index in [1.165, 1.54) is 11.1 Å². The summed E-state index contributed by atoms with van der Waals surface area (Å²) < 4.78 is 5.09. The molecule has 0 radical (unpaired) electrons. The predicted molar refractivity (Wildman–Crippen MR) is 121 cm³/mol. The molecule has 1 fully saturated rings. The van der Waals surface area contributed by atoms with Crippen molar-refractivity contribution in [1.29, 1.82) is 0 Å². The molecule has 0 bridgehead atoms. The van der Waals surface area contributed by atoms with E-state index in [4.69, 9.17) is 4.74 Å². The highest BCUT2D eigenvalue weighted by atomic mass is 16.6. The highest BCUT2D eigenvalue weighted by molar-refractivity contribution is 5.72. The Hall–Kier alpha value is -2.39. The first-order valence-corrected chi connectivity index (χ1v) is 11.1. The summed E-state index contributed by atoms with van der Waals surface area (Å²) in [5, 5.41) is 10.4. The van der Waals surface area contributed by atoms with E-state index in [0.29, 0.717) is 11.8 Å². The molecule has 1 aliphatic heterocycles. The summed E-state index contributed by atoms with van der Waals surface area (Å²) in [4.78, 5) is 11.8. The van der Waals surface area contributed by atoms with Crippen LogP contribution in [0.2, 0.25) is 0 Å². The van der Waals surface area contributed by atoms with Gasteiger partial charge in [0.1, 0.15) is 0 Å². The lowest BCUT2D eigenvalue weighted by Crippen LogP contribution is -2.26. The molecule has 0 saturated carbocycles. The van der Waals surface area contributed by atoms with Crippen LogP contribution in [-0.4, -0.2) is 17.4 Å². The number of ether oxygens (including phenoxy) is 1. The molecule has 0 spiro atoms. The van der Waals surface area contributed by atoms with Crippen LogP contribution in [0.25, 0.3) is 0 Å². The fraction of sp³-hybridized carbons (Fsp3) is 0.444. The average molecular weight is 407 g/mol. The fourth-order valence-corrected chi connectivity index (χ4v) is 4.69. The molecule has 1 aliphatic rings. The Labute approximate surface area is 180 Å². The van der Waals surface area contributed by atoms with E-state index < -0.39 is 6.29 Å². The van der Waals surface area contributed by atoms with Crippen molar-refractivity contribution in [3.05, 3.63) is 83.9 Å². The molecule has 1 N–H and O–H groups in total. The molecule has 5 atom stereocenters. The molecule has 3 heteroatoms. The number of benzene rings is 2. The van der Waals surface area contributed by atoms with Crippen molar-refractivity contribution in [1.82, 2.24) is 0 Å². The van der Waals surface area contributed by atoms with Gasteiger partial charge in [-0.25, -0.2) is 0 Å². The third-order valence-electron chi connectivity index (χ3n) is 6.61. The van der Waals surface area contributed by atoms with E-state index in [1.807, 2.05) is 12.1 Å². The lowest BCUT2D eigenvalue weighted by Gasteiger charge is -2.29. The molecule has 0 aliphatic carbocycles. The van der Waals surface area contributed by atoms with E-state index in [1.54, 1.807) is 0 Å². The Balaban J connectivity index is 1.73. The van der Waals surface area contributed by atoms with Crippen LogP contribution in [-0.2, 0) is 9.53 Å². The number of carbonyl (C=O) groups excluding carboxylic acids is 1. The van der Waals surface area contributed by atoms with Crippen molar-refractivity contribution in [3.8, 4) is 0 Å². The van der Waals surface area contributed by atoms with Gasteiger partial charge in [-0.3, -0.25) is 4.79 Å². The van der Waals surface area contributed by atoms with Gasteiger partial charge in [0.25, 0.3) is 0 Å². The van der Waals surface area contributed by atoms with Gasteiger partial charge in [-0.05, 0) is 54.6 Å². The van der Waals surface area contributed by atoms with Gasteiger partial charge < -0.3 is 9.84 Å². The number of hydrogen-bond acceptors (Lipinski definition) is 3. The lowest BCUT2D eigenvalue weighted by atomic mass is 9.76. The highest BCUT2D eigenvalue weighted by Crippen LogP contribution is 2.40. The van der Waals surface area contributed by atoms with Crippen molar-refractivity contribution < 1.29 is 14.6 Å². The molecule has 2 aromatic carbocycles. The van der Waals surface area contributed by atoms with Gasteiger partial charge in [0.15, 0.2) is 0 Å². The Morgan fingerprint density at radius 1 is 1.07 bits per heavy atom. The smallest absolute Gasteiger partial charge is 0.308 e. The van der Waals surface area contributed by atoms with E-state index in [-0.39, 0.29) is 24.2 Å². The molecule has 160 valence electrons. The largest absolute Gasteiger partial charge is 0.436 e. The summed E-state index contributed by atoms with van der Waals surface area (Å²) in [5.41, 5.74) is 3.75. The second-order valence-electron chi connectivity index (χ2n) is 8.62. The number of hydrogen-bond donors (Lipinski definition) is 1. The standard InChI is InChI=1S/C27H34O3/c1-4-21(23-13-9-6-10-14-23)17-20(3)24(25-18-26(28)30-27(25)29)16-15-19(2)22-11-7-5-8-12-22/h5-14,19,21,24-25,27,29H,3-4,15-18H2,1-2H3. The molecule has 5 unspecified atom stereocenters. The molecular weight excluding hydrogens is 372 g/mol. The summed E-state index contributed by atoms with van der Waals surface area (Å²) in [6.07, 6.45) is 3.00. The third kappa shape index (κ3) is 5.60. The first-order chi connectivity index (χ1) is 14.5. The lowest BCUT2D eigenvalue weighted by molar-refractivity contribution is -0.156. The molecule has 0 aromatic heterocycles. The number of allylic oxidation sites excluding steroid dienone is 1. The van der Waals surface area contributed by atoms with Crippen LogP contribution in [0.5, 0.6) is 0 Å². The van der Waals surface area contributed by atoms with Gasteiger partial charge in [0.2, 0.25) is 6.29 Å². The Morgan fingerprint density at radius 2 is 1.67 bits per heavy atom. The minimum atomic E-state index is -1.02. The summed E-state index contributed by atoms with van der Waals surface area (Å²) in [6.45, 7) is 8.88. The molecular formula is C27H34O3. The van der Waals surface area contributed by atoms with E-state index >= 15 is 0 Å². The van der Waals surface area contributed by atoms with Crippen molar-refractivity contribution in [2.75, 3.05) is 0 Å². The number of aliphatic hydroxyl groups is 1. The molecule has 3 nitrogen and oxygen atoms in total. The predicted octanol–water partition coefficient (Wildman–Crippen LogP) is 6.21. The topological polar surface area (TPSA) is 46.5 Å². The van der Waals surface area contributed by atoms with Crippen LogP contribution in [0.4, 0.5) is 0 Å². The summed E-state index contributed by atoms with van der Waals surface area (Å²) >= 11 is 0. The first-order valence-electron chi connectivity index (χ1n) is 11.1. The normalized spacial score (nSPS) is 21.6. The molecule has 2 aromatic rings. The number of esters is 1. The van der Waals surface area contributed by atoms with Crippen LogP contribution in [0.15, 0.2) is 72.8 Å². The van der Waals surface area contributed by atoms with E-state index in [9.17, 15) is 9.90 Å². The zero-order valence-corrected chi connectivity index (χ0v) is 18.2. The summed E-state index contributed by atoms with van der Waals surface area (Å²) in [6, 6.07) is 21.0.